The minimum Gasteiger partial charge on any atom is -0.338 e. The molecule has 0 aliphatic carbocycles. The number of nitrogens with zero attached hydrogens (tertiary/aromatic N) is 3. The first-order valence-corrected chi connectivity index (χ1v) is 9.01. The molecule has 2 aromatic rings. The lowest BCUT2D eigenvalue weighted by Gasteiger charge is -2.28. The zero-order valence-electron chi connectivity index (χ0n) is 16.0. The van der Waals surface area contributed by atoms with Crippen LogP contribution >= 0.6 is 24.8 Å². The lowest BCUT2D eigenvalue weighted by molar-refractivity contribution is 0.0767. The summed E-state index contributed by atoms with van der Waals surface area (Å²) in [6, 6.07) is 11.0. The summed E-state index contributed by atoms with van der Waals surface area (Å²) in [7, 11) is 2.21. The topological polar surface area (TPSA) is 36.4 Å². The first-order chi connectivity index (χ1) is 12.0. The molecule has 3 atom stereocenters. The number of halogens is 2. The van der Waals surface area contributed by atoms with Gasteiger partial charge in [0.1, 0.15) is 0 Å². The van der Waals surface area contributed by atoms with Crippen molar-refractivity contribution in [1.82, 2.24) is 14.8 Å². The van der Waals surface area contributed by atoms with E-state index in [1.807, 2.05) is 17.9 Å². The number of carbonyl (C=O) groups excluding carboxylic acids is 1. The van der Waals surface area contributed by atoms with Crippen LogP contribution in [0.25, 0.3) is 0 Å². The smallest absolute Gasteiger partial charge is 0.255 e. The van der Waals surface area contributed by atoms with Crippen LogP contribution in [0, 0.1) is 25.7 Å². The Bertz CT molecular complexity index is 814. The highest BCUT2D eigenvalue weighted by Crippen LogP contribution is 2.45. The summed E-state index contributed by atoms with van der Waals surface area (Å²) in [5.74, 6) is 1.18. The van der Waals surface area contributed by atoms with E-state index in [2.05, 4.69) is 48.1 Å². The van der Waals surface area contributed by atoms with Gasteiger partial charge in [0.2, 0.25) is 0 Å². The number of aryl methyl sites for hydroxylation is 2. The quantitative estimate of drug-likeness (QED) is 0.756. The largest absolute Gasteiger partial charge is 0.338 e. The summed E-state index contributed by atoms with van der Waals surface area (Å²) in [6.07, 6.45) is 3.48. The normalized spacial score (nSPS) is 24.1. The van der Waals surface area contributed by atoms with Gasteiger partial charge in [-0.05, 0) is 49.6 Å². The summed E-state index contributed by atoms with van der Waals surface area (Å²) >= 11 is 0. The number of hydrogen-bond acceptors (Lipinski definition) is 3. The lowest BCUT2D eigenvalue weighted by atomic mass is 9.88. The summed E-state index contributed by atoms with van der Waals surface area (Å²) < 4.78 is 0. The van der Waals surface area contributed by atoms with E-state index in [-0.39, 0.29) is 30.7 Å². The molecule has 4 nitrogen and oxygen atoms in total. The number of carbonyl (C=O) groups is 1. The lowest BCUT2D eigenvalue weighted by Crippen LogP contribution is -2.33. The molecule has 0 spiro atoms. The van der Waals surface area contributed by atoms with Crippen LogP contribution in [-0.2, 0) is 0 Å². The van der Waals surface area contributed by atoms with Gasteiger partial charge in [0.15, 0.2) is 0 Å². The number of amides is 1. The molecule has 2 aliphatic rings. The molecule has 4 rings (SSSR count). The van der Waals surface area contributed by atoms with E-state index in [0.29, 0.717) is 23.4 Å². The van der Waals surface area contributed by atoms with Crippen LogP contribution in [0.1, 0.15) is 33.1 Å². The number of pyridine rings is 1. The summed E-state index contributed by atoms with van der Waals surface area (Å²) in [4.78, 5) is 21.6. The highest BCUT2D eigenvalue weighted by atomic mass is 35.5. The molecule has 2 saturated heterocycles. The van der Waals surface area contributed by atoms with Crippen LogP contribution in [0.3, 0.4) is 0 Å². The molecule has 2 aliphatic heterocycles. The summed E-state index contributed by atoms with van der Waals surface area (Å²) in [6.45, 7) is 6.91. The first kappa shape index (κ1) is 21.7. The third-order valence-corrected chi connectivity index (χ3v) is 5.81. The van der Waals surface area contributed by atoms with Gasteiger partial charge < -0.3 is 4.90 Å². The van der Waals surface area contributed by atoms with E-state index < -0.39 is 0 Å². The van der Waals surface area contributed by atoms with E-state index in [1.165, 1.54) is 11.1 Å². The summed E-state index contributed by atoms with van der Waals surface area (Å²) in [5.41, 5.74) is 4.49. The maximum atomic E-state index is 12.9. The van der Waals surface area contributed by atoms with Crippen LogP contribution in [0.4, 0.5) is 0 Å². The van der Waals surface area contributed by atoms with Crippen molar-refractivity contribution < 1.29 is 4.79 Å². The van der Waals surface area contributed by atoms with E-state index in [4.69, 9.17) is 0 Å². The number of benzene rings is 1. The molecular weight excluding hydrogens is 381 g/mol. The average Bonchev–Trinajstić information content (AvgIpc) is 3.12. The van der Waals surface area contributed by atoms with Gasteiger partial charge in [0.25, 0.3) is 5.91 Å². The Labute approximate surface area is 173 Å². The van der Waals surface area contributed by atoms with Crippen molar-refractivity contribution in [2.24, 2.45) is 11.8 Å². The van der Waals surface area contributed by atoms with Crippen molar-refractivity contribution in [2.45, 2.75) is 19.9 Å². The fraction of sp³-hybridized carbons (Fsp3) is 0.429. The molecule has 1 aromatic heterocycles. The maximum Gasteiger partial charge on any atom is 0.255 e. The Morgan fingerprint density at radius 2 is 1.81 bits per heavy atom. The second-order valence-electron chi connectivity index (χ2n) is 7.63. The van der Waals surface area contributed by atoms with Crippen molar-refractivity contribution in [1.29, 1.82) is 0 Å². The minimum absolute atomic E-state index is 0. The monoisotopic (exact) mass is 407 g/mol. The highest BCUT2D eigenvalue weighted by molar-refractivity contribution is 5.94. The first-order valence-electron chi connectivity index (χ1n) is 9.01. The molecule has 1 aromatic carbocycles. The second kappa shape index (κ2) is 8.59. The molecule has 0 radical (unpaired) electrons. The van der Waals surface area contributed by atoms with Crippen LogP contribution in [-0.4, -0.2) is 47.4 Å². The van der Waals surface area contributed by atoms with Crippen LogP contribution in [0.2, 0.25) is 0 Å². The van der Waals surface area contributed by atoms with Crippen molar-refractivity contribution >= 4 is 30.7 Å². The van der Waals surface area contributed by atoms with E-state index >= 15 is 0 Å². The molecule has 0 N–H and O–H groups in total. The SMILES string of the molecule is Cc1cncc(C(=O)N2C[C@@H]3CN(C)[C@@H](c4ccccc4C)[C@@H]3C2)c1.Cl.Cl. The van der Waals surface area contributed by atoms with Gasteiger partial charge in [-0.15, -0.1) is 24.8 Å². The highest BCUT2D eigenvalue weighted by Gasteiger charge is 2.47. The number of rotatable bonds is 2. The maximum absolute atomic E-state index is 12.9. The minimum atomic E-state index is 0. The van der Waals surface area contributed by atoms with E-state index in [9.17, 15) is 4.79 Å². The third-order valence-electron chi connectivity index (χ3n) is 5.81. The second-order valence-corrected chi connectivity index (χ2v) is 7.63. The van der Waals surface area contributed by atoms with Gasteiger partial charge in [-0.2, -0.15) is 0 Å². The van der Waals surface area contributed by atoms with E-state index in [0.717, 1.165) is 25.2 Å². The Balaban J connectivity index is 0.00000131. The molecule has 0 bridgehead atoms. The Hall–Kier alpha value is -1.62. The van der Waals surface area contributed by atoms with Crippen LogP contribution < -0.4 is 0 Å². The molecule has 146 valence electrons. The van der Waals surface area contributed by atoms with Crippen molar-refractivity contribution in [3.63, 3.8) is 0 Å². The van der Waals surface area contributed by atoms with Crippen molar-refractivity contribution in [3.8, 4) is 0 Å². The fourth-order valence-electron chi connectivity index (χ4n) is 4.66. The van der Waals surface area contributed by atoms with Crippen molar-refractivity contribution in [3.05, 3.63) is 65.0 Å². The summed E-state index contributed by atoms with van der Waals surface area (Å²) in [5, 5.41) is 0. The van der Waals surface area contributed by atoms with Gasteiger partial charge in [-0.3, -0.25) is 14.7 Å². The molecular formula is C21H27Cl2N3O. The number of fused-ring (bicyclic) bond motifs is 1. The molecule has 0 unspecified atom stereocenters. The van der Waals surface area contributed by atoms with Gasteiger partial charge in [-0.1, -0.05) is 24.3 Å². The van der Waals surface area contributed by atoms with Crippen molar-refractivity contribution in [2.75, 3.05) is 26.7 Å². The molecule has 6 heteroatoms. The van der Waals surface area contributed by atoms with Gasteiger partial charge in [-0.25, -0.2) is 0 Å². The Morgan fingerprint density at radius 1 is 1.07 bits per heavy atom. The molecule has 2 fully saturated rings. The number of likely N-dealkylation sites (tertiary alicyclic amines) is 2. The molecule has 0 saturated carbocycles. The Kier molecular flexibility index (Phi) is 6.90. The Morgan fingerprint density at radius 3 is 2.52 bits per heavy atom. The van der Waals surface area contributed by atoms with E-state index in [1.54, 1.807) is 12.4 Å². The fourth-order valence-corrected chi connectivity index (χ4v) is 4.66. The average molecular weight is 408 g/mol. The number of hydrogen-bond donors (Lipinski definition) is 0. The third kappa shape index (κ3) is 3.98. The number of aromatic nitrogens is 1. The molecule has 1 amide bonds. The van der Waals surface area contributed by atoms with Gasteiger partial charge in [0, 0.05) is 44.0 Å². The van der Waals surface area contributed by atoms with Crippen LogP contribution in [0.15, 0.2) is 42.7 Å². The standard InChI is InChI=1S/C21H25N3O.2ClH/c1-14-8-16(10-22-9-14)21(25)24-12-17-11-23(3)20(19(17)13-24)18-7-5-4-6-15(18)2;;/h4-10,17,19-20H,11-13H2,1-3H3;2*1H/t17-,19+,20-;;/m0../s1. The predicted octanol–water partition coefficient (Wildman–Crippen LogP) is 3.92. The molecule has 27 heavy (non-hydrogen) atoms. The van der Waals surface area contributed by atoms with Crippen LogP contribution in [0.5, 0.6) is 0 Å². The van der Waals surface area contributed by atoms with Gasteiger partial charge in [0.05, 0.1) is 5.56 Å². The van der Waals surface area contributed by atoms with Gasteiger partial charge >= 0.3 is 0 Å². The zero-order chi connectivity index (χ0) is 17.6. The predicted molar refractivity (Wildman–Crippen MR) is 113 cm³/mol. The zero-order valence-corrected chi connectivity index (χ0v) is 17.6. The molecule has 3 heterocycles.